The van der Waals surface area contributed by atoms with Gasteiger partial charge in [-0.2, -0.15) is 18.4 Å². The lowest BCUT2D eigenvalue weighted by atomic mass is 10.1. The molecule has 0 amide bonds. The molecule has 17 heavy (non-hydrogen) atoms. The highest BCUT2D eigenvalue weighted by Gasteiger charge is 2.36. The first kappa shape index (κ1) is 13.3. The second kappa shape index (κ2) is 4.63. The highest BCUT2D eigenvalue weighted by molar-refractivity contribution is 5.39. The van der Waals surface area contributed by atoms with Gasteiger partial charge in [0.15, 0.2) is 5.69 Å². The van der Waals surface area contributed by atoms with E-state index in [0.29, 0.717) is 0 Å². The van der Waals surface area contributed by atoms with E-state index in [0.717, 1.165) is 6.07 Å². The summed E-state index contributed by atoms with van der Waals surface area (Å²) in [4.78, 5) is 3.09. The van der Waals surface area contributed by atoms with E-state index < -0.39 is 41.7 Å². The summed E-state index contributed by atoms with van der Waals surface area (Å²) >= 11 is 0. The van der Waals surface area contributed by atoms with Gasteiger partial charge in [0.1, 0.15) is 6.07 Å². The van der Waals surface area contributed by atoms with Crippen molar-refractivity contribution in [3.8, 4) is 6.07 Å². The van der Waals surface area contributed by atoms with Crippen LogP contribution in [0.2, 0.25) is 0 Å². The number of hydrogen-bond acceptors (Lipinski definition) is 3. The van der Waals surface area contributed by atoms with Gasteiger partial charge in [0.25, 0.3) is 6.43 Å². The number of rotatable bonds is 2. The van der Waals surface area contributed by atoms with Crippen LogP contribution >= 0.6 is 0 Å². The van der Waals surface area contributed by atoms with E-state index in [1.54, 1.807) is 0 Å². The lowest BCUT2D eigenvalue weighted by Gasteiger charge is -2.12. The van der Waals surface area contributed by atoms with Crippen LogP contribution in [0.4, 0.5) is 22.0 Å². The molecule has 0 aliphatic rings. The molecule has 0 aliphatic carbocycles. The minimum Gasteiger partial charge on any atom is -0.390 e. The van der Waals surface area contributed by atoms with Crippen LogP contribution in [-0.2, 0) is 12.8 Å². The maximum absolute atomic E-state index is 12.4. The molecule has 0 bridgehead atoms. The molecule has 8 heteroatoms. The van der Waals surface area contributed by atoms with Gasteiger partial charge in [0.2, 0.25) is 0 Å². The molecule has 1 heterocycles. The van der Waals surface area contributed by atoms with Crippen LogP contribution in [-0.4, -0.2) is 10.1 Å². The SMILES string of the molecule is N#Cc1nc(CO)c(C(F)F)cc1C(F)(F)F. The third-order valence-electron chi connectivity index (χ3n) is 1.93. The standard InChI is InChI=1S/C9H5F5N2O/c10-8(11)4-1-5(9(12,13)14)6(2-15)16-7(4)3-17/h1,8,17H,3H2. The second-order valence-electron chi connectivity index (χ2n) is 2.99. The zero-order chi connectivity index (χ0) is 13.2. The van der Waals surface area contributed by atoms with Gasteiger partial charge in [-0.3, -0.25) is 0 Å². The zero-order valence-corrected chi connectivity index (χ0v) is 8.09. The lowest BCUT2D eigenvalue weighted by molar-refractivity contribution is -0.138. The van der Waals surface area contributed by atoms with E-state index in [4.69, 9.17) is 10.4 Å². The van der Waals surface area contributed by atoms with Crippen LogP contribution in [0, 0.1) is 11.3 Å². The topological polar surface area (TPSA) is 56.9 Å². The molecule has 0 radical (unpaired) electrons. The Kier molecular flexibility index (Phi) is 3.63. The van der Waals surface area contributed by atoms with Crippen molar-refractivity contribution in [3.63, 3.8) is 0 Å². The Morgan fingerprint density at radius 3 is 2.35 bits per heavy atom. The molecule has 0 unspecified atom stereocenters. The number of aromatic nitrogens is 1. The summed E-state index contributed by atoms with van der Waals surface area (Å²) < 4.78 is 62.1. The molecule has 0 fully saturated rings. The van der Waals surface area contributed by atoms with Crippen LogP contribution < -0.4 is 0 Å². The molecule has 0 saturated carbocycles. The Morgan fingerprint density at radius 1 is 1.41 bits per heavy atom. The number of nitriles is 1. The molecule has 1 rings (SSSR count). The molecule has 1 N–H and O–H groups in total. The summed E-state index contributed by atoms with van der Waals surface area (Å²) in [5.74, 6) is 0. The number of halogens is 5. The maximum Gasteiger partial charge on any atom is 0.419 e. The highest BCUT2D eigenvalue weighted by Crippen LogP contribution is 2.34. The summed E-state index contributed by atoms with van der Waals surface area (Å²) in [5.41, 5.74) is -4.23. The fourth-order valence-electron chi connectivity index (χ4n) is 1.18. The smallest absolute Gasteiger partial charge is 0.390 e. The van der Waals surface area contributed by atoms with E-state index in [2.05, 4.69) is 4.98 Å². The van der Waals surface area contributed by atoms with Gasteiger partial charge in [-0.05, 0) is 6.07 Å². The summed E-state index contributed by atoms with van der Waals surface area (Å²) in [6.07, 6.45) is -8.16. The number of aliphatic hydroxyl groups is 1. The fraction of sp³-hybridized carbons (Fsp3) is 0.333. The minimum absolute atomic E-state index is 0.141. The molecular formula is C9H5F5N2O. The Balaban J connectivity index is 3.52. The monoisotopic (exact) mass is 252 g/mol. The number of nitrogens with zero attached hydrogens (tertiary/aromatic N) is 2. The quantitative estimate of drug-likeness (QED) is 0.822. The van der Waals surface area contributed by atoms with Gasteiger partial charge in [0, 0.05) is 5.56 Å². The van der Waals surface area contributed by atoms with Crippen LogP contribution in [0.5, 0.6) is 0 Å². The predicted octanol–water partition coefficient (Wildman–Crippen LogP) is 2.40. The molecule has 1 aromatic rings. The molecule has 1 aromatic heterocycles. The summed E-state index contributed by atoms with van der Waals surface area (Å²) in [6, 6.07) is 1.30. The number of alkyl halides is 5. The van der Waals surface area contributed by atoms with Gasteiger partial charge in [0.05, 0.1) is 17.9 Å². The Hall–Kier alpha value is -1.75. The second-order valence-corrected chi connectivity index (χ2v) is 2.99. The van der Waals surface area contributed by atoms with E-state index in [1.807, 2.05) is 0 Å². The van der Waals surface area contributed by atoms with Crippen LogP contribution in [0.3, 0.4) is 0 Å². The molecule has 0 saturated heterocycles. The highest BCUT2D eigenvalue weighted by atomic mass is 19.4. The average molecular weight is 252 g/mol. The summed E-state index contributed by atoms with van der Waals surface area (Å²) in [6.45, 7) is -0.966. The normalized spacial score (nSPS) is 11.6. The van der Waals surface area contributed by atoms with Crippen molar-refractivity contribution in [1.82, 2.24) is 4.98 Å². The minimum atomic E-state index is -4.95. The average Bonchev–Trinajstić information content (AvgIpc) is 2.25. The van der Waals surface area contributed by atoms with Crippen molar-refractivity contribution in [1.29, 1.82) is 5.26 Å². The largest absolute Gasteiger partial charge is 0.419 e. The first-order valence-electron chi connectivity index (χ1n) is 4.21. The third-order valence-corrected chi connectivity index (χ3v) is 1.93. The number of pyridine rings is 1. The Bertz CT molecular complexity index is 464. The van der Waals surface area contributed by atoms with E-state index in [-0.39, 0.29) is 6.07 Å². The molecular weight excluding hydrogens is 247 g/mol. The lowest BCUT2D eigenvalue weighted by Crippen LogP contribution is -2.13. The molecule has 0 spiro atoms. The Morgan fingerprint density at radius 2 is 2.00 bits per heavy atom. The van der Waals surface area contributed by atoms with Crippen molar-refractivity contribution in [2.24, 2.45) is 0 Å². The number of aliphatic hydroxyl groups excluding tert-OH is 1. The van der Waals surface area contributed by atoms with Gasteiger partial charge in [-0.15, -0.1) is 0 Å². The molecule has 0 aromatic carbocycles. The van der Waals surface area contributed by atoms with Crippen LogP contribution in [0.25, 0.3) is 0 Å². The van der Waals surface area contributed by atoms with Gasteiger partial charge < -0.3 is 5.11 Å². The molecule has 92 valence electrons. The predicted molar refractivity (Wildman–Crippen MR) is 44.8 cm³/mol. The van der Waals surface area contributed by atoms with Crippen molar-refractivity contribution >= 4 is 0 Å². The first-order valence-corrected chi connectivity index (χ1v) is 4.21. The van der Waals surface area contributed by atoms with Crippen molar-refractivity contribution in [2.75, 3.05) is 0 Å². The molecule has 0 atom stereocenters. The third kappa shape index (κ3) is 2.68. The molecule has 0 aliphatic heterocycles. The van der Waals surface area contributed by atoms with Crippen LogP contribution in [0.15, 0.2) is 6.07 Å². The van der Waals surface area contributed by atoms with Gasteiger partial charge in [-0.1, -0.05) is 0 Å². The van der Waals surface area contributed by atoms with Crippen LogP contribution in [0.1, 0.15) is 28.9 Å². The molecule has 3 nitrogen and oxygen atoms in total. The zero-order valence-electron chi connectivity index (χ0n) is 8.09. The first-order chi connectivity index (χ1) is 7.81. The fourth-order valence-corrected chi connectivity index (χ4v) is 1.18. The summed E-state index contributed by atoms with van der Waals surface area (Å²) in [7, 11) is 0. The van der Waals surface area contributed by atoms with E-state index in [1.165, 1.54) is 0 Å². The van der Waals surface area contributed by atoms with Crippen molar-refractivity contribution in [3.05, 3.63) is 28.6 Å². The van der Waals surface area contributed by atoms with E-state index in [9.17, 15) is 22.0 Å². The van der Waals surface area contributed by atoms with Gasteiger partial charge in [-0.25, -0.2) is 13.8 Å². The number of hydrogen-bond donors (Lipinski definition) is 1. The Labute approximate surface area is 92.1 Å². The van der Waals surface area contributed by atoms with E-state index >= 15 is 0 Å². The van der Waals surface area contributed by atoms with Gasteiger partial charge >= 0.3 is 6.18 Å². The van der Waals surface area contributed by atoms with Crippen molar-refractivity contribution < 1.29 is 27.1 Å². The maximum atomic E-state index is 12.4. The summed E-state index contributed by atoms with van der Waals surface area (Å²) in [5, 5.41) is 17.1. The van der Waals surface area contributed by atoms with Crippen molar-refractivity contribution in [2.45, 2.75) is 19.2 Å².